The Morgan fingerprint density at radius 1 is 0.689 bits per heavy atom. The van der Waals surface area contributed by atoms with Gasteiger partial charge in [0, 0.05) is 0 Å². The number of hydrogen-bond acceptors (Lipinski definition) is 0. The van der Waals surface area contributed by atoms with Crippen LogP contribution in [0.2, 0.25) is 0 Å². The van der Waals surface area contributed by atoms with Gasteiger partial charge in [0.25, 0.3) is 0 Å². The van der Waals surface area contributed by atoms with E-state index in [-0.39, 0.29) is 24.8 Å². The predicted octanol–water partition coefficient (Wildman–Crippen LogP) is 4.01. The van der Waals surface area contributed by atoms with Crippen LogP contribution >= 0.6 is 0 Å². The number of halogens is 2. The van der Waals surface area contributed by atoms with Crippen molar-refractivity contribution in [3.8, 4) is 11.1 Å². The van der Waals surface area contributed by atoms with Gasteiger partial charge in [0.2, 0.25) is 0 Å². The molecule has 4 aromatic carbocycles. The second kappa shape index (κ2) is 14.6. The predicted molar refractivity (Wildman–Crippen MR) is 175 cm³/mol. The molecular weight excluding hydrogens is 667 g/mol. The van der Waals surface area contributed by atoms with Gasteiger partial charge in [-0.3, -0.25) is 6.08 Å². The maximum atomic E-state index is 3.33. The summed E-state index contributed by atoms with van der Waals surface area (Å²) in [6.07, 6.45) is 20.5. The van der Waals surface area contributed by atoms with Gasteiger partial charge in [-0.2, -0.15) is 35.9 Å². The van der Waals surface area contributed by atoms with Crippen LogP contribution in [-0.4, -0.2) is 3.21 Å². The summed E-state index contributed by atoms with van der Waals surface area (Å²) in [5.74, 6) is 3.18. The number of benzene rings is 4. The molecule has 3 heteroatoms. The molecule has 4 aromatic rings. The first kappa shape index (κ1) is 34.0. The third kappa shape index (κ3) is 7.03. The molecule has 0 nitrogen and oxygen atoms in total. The molecule has 0 amide bonds. The summed E-state index contributed by atoms with van der Waals surface area (Å²) in [5, 5.41) is 0. The fourth-order valence-corrected chi connectivity index (χ4v) is 9.78. The molecule has 45 heavy (non-hydrogen) atoms. The molecule has 10 rings (SSSR count). The summed E-state index contributed by atoms with van der Waals surface area (Å²) in [5.41, 5.74) is 9.12. The zero-order valence-corrected chi connectivity index (χ0v) is 30.0. The normalized spacial score (nSPS) is 27.0. The largest absolute Gasteiger partial charge is 0.179 e. The van der Waals surface area contributed by atoms with E-state index < -0.39 is 0 Å². The molecule has 1 unspecified atom stereocenters. The molecule has 0 aliphatic heterocycles. The molecular formula is C42H40Cl2Zr-2. The topological polar surface area (TPSA) is 0 Å². The smallest absolute Gasteiger partial charge is 0.0253 e. The van der Waals surface area contributed by atoms with Crippen molar-refractivity contribution in [3.05, 3.63) is 156 Å². The monoisotopic (exact) mass is 704 g/mol. The summed E-state index contributed by atoms with van der Waals surface area (Å²) in [6, 6.07) is 39.2. The fraction of sp³-hybridized carbons (Fsp3) is 0.310. The zero-order valence-electron chi connectivity index (χ0n) is 26.0. The molecule has 0 saturated heterocycles. The zero-order chi connectivity index (χ0) is 29.3. The van der Waals surface area contributed by atoms with E-state index in [0.29, 0.717) is 10.8 Å². The Balaban J connectivity index is 0.000000131. The van der Waals surface area contributed by atoms with Crippen molar-refractivity contribution in [1.29, 1.82) is 0 Å². The first-order valence-electron chi connectivity index (χ1n) is 16.1. The molecule has 4 saturated carbocycles. The van der Waals surface area contributed by atoms with E-state index in [9.17, 15) is 0 Å². The van der Waals surface area contributed by atoms with Crippen molar-refractivity contribution >= 4 is 3.21 Å². The van der Waals surface area contributed by atoms with Crippen LogP contribution in [0.25, 0.3) is 11.1 Å². The van der Waals surface area contributed by atoms with Crippen LogP contribution in [0.4, 0.5) is 0 Å². The summed E-state index contributed by atoms with van der Waals surface area (Å²) in [7, 11) is 0. The van der Waals surface area contributed by atoms with Gasteiger partial charge in [0.15, 0.2) is 0 Å². The van der Waals surface area contributed by atoms with Crippen LogP contribution in [0.1, 0.15) is 67.7 Å². The van der Waals surface area contributed by atoms with E-state index in [1.54, 1.807) is 19.3 Å². The molecule has 1 atom stereocenters. The Bertz CT molecular complexity index is 1520. The minimum atomic E-state index is 0. The van der Waals surface area contributed by atoms with Gasteiger partial charge in [-0.15, -0.1) is 5.56 Å². The van der Waals surface area contributed by atoms with Crippen molar-refractivity contribution in [1.82, 2.24) is 0 Å². The molecule has 228 valence electrons. The van der Waals surface area contributed by atoms with E-state index in [4.69, 9.17) is 0 Å². The number of fused-ring (bicyclic) bond motifs is 3. The second-order valence-corrected chi connectivity index (χ2v) is 14.9. The Labute approximate surface area is 297 Å². The summed E-state index contributed by atoms with van der Waals surface area (Å²) in [4.78, 5) is 0. The van der Waals surface area contributed by atoms with Crippen LogP contribution < -0.4 is 24.8 Å². The Morgan fingerprint density at radius 3 is 1.78 bits per heavy atom. The maximum Gasteiger partial charge on any atom is -0.0253 e. The number of rotatable bonds is 3. The fourth-order valence-electron chi connectivity index (χ4n) is 8.96. The Kier molecular flexibility index (Phi) is 11.1. The molecule has 0 radical (unpaired) electrons. The molecule has 0 N–H and O–H groups in total. The van der Waals surface area contributed by atoms with Crippen LogP contribution in [0.5, 0.6) is 0 Å². The van der Waals surface area contributed by atoms with Crippen LogP contribution in [-0.2, 0) is 30.7 Å². The quantitative estimate of drug-likeness (QED) is 0.249. The van der Waals surface area contributed by atoms with Gasteiger partial charge in [-0.25, -0.2) is 12.2 Å². The van der Waals surface area contributed by atoms with Crippen LogP contribution in [0.15, 0.2) is 121 Å². The van der Waals surface area contributed by atoms with Gasteiger partial charge in [0.05, 0.1) is 0 Å². The van der Waals surface area contributed by atoms with E-state index in [1.807, 2.05) is 6.07 Å². The third-order valence-electron chi connectivity index (χ3n) is 10.8. The Hall–Kier alpha value is -2.31. The van der Waals surface area contributed by atoms with Crippen LogP contribution in [0, 0.1) is 40.7 Å². The summed E-state index contributed by atoms with van der Waals surface area (Å²) >= 11 is 1.46. The van der Waals surface area contributed by atoms with Gasteiger partial charge in [-0.05, 0) is 68.1 Å². The molecule has 0 spiro atoms. The van der Waals surface area contributed by atoms with E-state index in [2.05, 4.69) is 134 Å². The number of hydrogen-bond donors (Lipinski definition) is 0. The maximum absolute atomic E-state index is 3.33. The molecule has 0 heterocycles. The SMILES string of the molecule is CC1(C23CC4CC(CC(C4)C2)C3)C=[C-]C=C1.[Cl-].[Cl-].[Zr+2]=[C](c1ccccc1)c1ccccc1.[c-]1cccc2c1Cc1ccccc1-2. The van der Waals surface area contributed by atoms with Crippen molar-refractivity contribution in [2.75, 3.05) is 0 Å². The molecule has 6 aliphatic rings. The van der Waals surface area contributed by atoms with E-state index in [0.717, 1.165) is 24.2 Å². The molecule has 0 aromatic heterocycles. The minimum Gasteiger partial charge on any atom is -0.179 e. The Morgan fingerprint density at radius 2 is 1.22 bits per heavy atom. The summed E-state index contributed by atoms with van der Waals surface area (Å²) < 4.78 is 1.42. The van der Waals surface area contributed by atoms with E-state index >= 15 is 0 Å². The van der Waals surface area contributed by atoms with Gasteiger partial charge < -0.3 is 24.8 Å². The minimum absolute atomic E-state index is 0. The first-order valence-corrected chi connectivity index (χ1v) is 17.3. The molecule has 6 aliphatic carbocycles. The average molecular weight is 707 g/mol. The standard InChI is InChI=1S/C16H21.C13H9.C13H10.2ClH.Zr/c1-15(4-2-3-5-15)16-9-12-6-13(10-16)8-14(7-12)11-16;1-3-7-12-10(5-1)9-11-6-2-4-8-13(11)12;1-3-7-12(8-4-1)11-13-9-5-2-6-10-13;;;/h2,4-5,12-14H,6-11H2,1H3;1-5,7-8H,9H2;1-10H;2*1H;/q2*-1;;;;+2/p-2. The van der Waals surface area contributed by atoms with Gasteiger partial charge in [-0.1, -0.05) is 47.7 Å². The van der Waals surface area contributed by atoms with Gasteiger partial charge in [0.1, 0.15) is 0 Å². The van der Waals surface area contributed by atoms with Crippen molar-refractivity contribution < 1.29 is 49.0 Å². The summed E-state index contributed by atoms with van der Waals surface area (Å²) in [6.45, 7) is 2.46. The van der Waals surface area contributed by atoms with Crippen LogP contribution in [0.3, 0.4) is 0 Å². The van der Waals surface area contributed by atoms with Crippen molar-refractivity contribution in [2.45, 2.75) is 51.9 Å². The molecule has 4 fully saturated rings. The number of allylic oxidation sites excluding steroid dienone is 4. The van der Waals surface area contributed by atoms with Crippen molar-refractivity contribution in [2.24, 2.45) is 28.6 Å². The molecule has 4 bridgehead atoms. The third-order valence-corrected chi connectivity index (χ3v) is 12.3. The van der Waals surface area contributed by atoms with Crippen molar-refractivity contribution in [3.63, 3.8) is 0 Å². The second-order valence-electron chi connectivity index (χ2n) is 13.6. The first-order chi connectivity index (χ1) is 21.0. The van der Waals surface area contributed by atoms with E-state index in [1.165, 1.54) is 80.1 Å². The van der Waals surface area contributed by atoms with Gasteiger partial charge >= 0.3 is 99.2 Å². The average Bonchev–Trinajstić information content (AvgIpc) is 3.66.